The van der Waals surface area contributed by atoms with Gasteiger partial charge in [0, 0.05) is 0 Å². The fraction of sp³-hybridized carbons (Fsp3) is 0.125. The molecule has 0 N–H and O–H groups in total. The third-order valence-electron chi connectivity index (χ3n) is 2.73. The molecular weight excluding hydrogens is 192 g/mol. The Labute approximate surface area is 98.4 Å². The van der Waals surface area contributed by atoms with Gasteiger partial charge in [-0.25, -0.2) is 0 Å². The van der Waals surface area contributed by atoms with Gasteiger partial charge in [-0.1, -0.05) is 62.8 Å². The van der Waals surface area contributed by atoms with E-state index in [9.17, 15) is 0 Å². The molecule has 0 nitrogen and oxygen atoms in total. The smallest absolute Gasteiger partial charge is 0.0155 e. The predicted octanol–water partition coefficient (Wildman–Crippen LogP) is 4.67. The van der Waals surface area contributed by atoms with E-state index in [-0.39, 0.29) is 0 Å². The normalized spacial score (nSPS) is 16.5. The van der Waals surface area contributed by atoms with Crippen molar-refractivity contribution >= 4 is 0 Å². The zero-order chi connectivity index (χ0) is 12.0. The van der Waals surface area contributed by atoms with E-state index < -0.39 is 0 Å². The Hall–Kier alpha value is -1.82. The van der Waals surface area contributed by atoms with Gasteiger partial charge in [-0.2, -0.15) is 0 Å². The van der Waals surface area contributed by atoms with Crippen LogP contribution in [0.1, 0.15) is 12.8 Å². The van der Waals surface area contributed by atoms with Crippen molar-refractivity contribution in [2.24, 2.45) is 0 Å². The molecule has 0 heteroatoms. The Balaban J connectivity index is 3.29. The lowest BCUT2D eigenvalue weighted by molar-refractivity contribution is 0.928. The number of hydrogen-bond acceptors (Lipinski definition) is 0. The summed E-state index contributed by atoms with van der Waals surface area (Å²) in [6, 6.07) is 0. The van der Waals surface area contributed by atoms with E-state index in [0.717, 1.165) is 24.0 Å². The molecule has 0 amide bonds. The Morgan fingerprint density at radius 3 is 1.81 bits per heavy atom. The van der Waals surface area contributed by atoms with Crippen molar-refractivity contribution in [1.29, 1.82) is 0 Å². The minimum Gasteiger partial charge on any atom is -0.0991 e. The molecule has 0 aliphatic heterocycles. The van der Waals surface area contributed by atoms with Crippen molar-refractivity contribution in [2.75, 3.05) is 0 Å². The first-order valence-corrected chi connectivity index (χ1v) is 5.41. The highest BCUT2D eigenvalue weighted by molar-refractivity contribution is 5.57. The highest BCUT2D eigenvalue weighted by atomic mass is 14.2. The first-order chi connectivity index (χ1) is 7.78. The standard InChI is InChI=1S/C16H18/c1-5-9-10-14-12-11-13(6-2)15(7-3)16(14)8-4/h5-10H,1-4,11-12H2/b10-9-. The summed E-state index contributed by atoms with van der Waals surface area (Å²) in [5, 5.41) is 0. The summed E-state index contributed by atoms with van der Waals surface area (Å²) in [4.78, 5) is 0. The molecule has 0 saturated heterocycles. The molecule has 0 unspecified atom stereocenters. The van der Waals surface area contributed by atoms with Gasteiger partial charge < -0.3 is 0 Å². The molecule has 0 saturated carbocycles. The second-order valence-corrected chi connectivity index (χ2v) is 3.59. The van der Waals surface area contributed by atoms with Gasteiger partial charge in [-0.15, -0.1) is 0 Å². The quantitative estimate of drug-likeness (QED) is 0.578. The Bertz CT molecular complexity index is 411. The minimum atomic E-state index is 1.01. The van der Waals surface area contributed by atoms with Crippen molar-refractivity contribution in [2.45, 2.75) is 12.8 Å². The first-order valence-electron chi connectivity index (χ1n) is 5.41. The molecule has 1 rings (SSSR count). The van der Waals surface area contributed by atoms with Crippen molar-refractivity contribution in [3.05, 3.63) is 85.1 Å². The van der Waals surface area contributed by atoms with Crippen LogP contribution < -0.4 is 0 Å². The molecule has 0 atom stereocenters. The zero-order valence-corrected chi connectivity index (χ0v) is 9.71. The van der Waals surface area contributed by atoms with Gasteiger partial charge in [-0.3, -0.25) is 0 Å². The van der Waals surface area contributed by atoms with Gasteiger partial charge in [0.1, 0.15) is 0 Å². The van der Waals surface area contributed by atoms with Gasteiger partial charge in [-0.05, 0) is 35.1 Å². The van der Waals surface area contributed by atoms with E-state index in [2.05, 4.69) is 32.4 Å². The van der Waals surface area contributed by atoms with Crippen LogP contribution in [0.5, 0.6) is 0 Å². The van der Waals surface area contributed by atoms with Crippen LogP contribution in [0, 0.1) is 0 Å². The van der Waals surface area contributed by atoms with Gasteiger partial charge in [0.25, 0.3) is 0 Å². The maximum atomic E-state index is 3.88. The zero-order valence-electron chi connectivity index (χ0n) is 9.71. The molecule has 1 aliphatic carbocycles. The van der Waals surface area contributed by atoms with Gasteiger partial charge >= 0.3 is 0 Å². The molecule has 0 aromatic heterocycles. The van der Waals surface area contributed by atoms with Crippen LogP contribution in [0.2, 0.25) is 0 Å². The van der Waals surface area contributed by atoms with Crippen LogP contribution in [0.4, 0.5) is 0 Å². The van der Waals surface area contributed by atoms with E-state index in [1.54, 1.807) is 6.08 Å². The molecular formula is C16H18. The van der Waals surface area contributed by atoms with Crippen LogP contribution in [0.3, 0.4) is 0 Å². The molecule has 0 spiro atoms. The highest BCUT2D eigenvalue weighted by Crippen LogP contribution is 2.32. The van der Waals surface area contributed by atoms with E-state index in [1.807, 2.05) is 24.3 Å². The molecule has 0 heterocycles. The molecule has 0 bridgehead atoms. The van der Waals surface area contributed by atoms with Gasteiger partial charge in [0.05, 0.1) is 0 Å². The maximum Gasteiger partial charge on any atom is -0.0155 e. The highest BCUT2D eigenvalue weighted by Gasteiger charge is 2.14. The minimum absolute atomic E-state index is 1.01. The summed E-state index contributed by atoms with van der Waals surface area (Å²) < 4.78 is 0. The first kappa shape index (κ1) is 12.3. The Morgan fingerprint density at radius 1 is 0.750 bits per heavy atom. The molecule has 0 radical (unpaired) electrons. The Kier molecular flexibility index (Phi) is 4.53. The van der Waals surface area contributed by atoms with Gasteiger partial charge in [0.2, 0.25) is 0 Å². The molecule has 82 valence electrons. The molecule has 0 fully saturated rings. The third kappa shape index (κ3) is 2.40. The fourth-order valence-electron chi connectivity index (χ4n) is 1.94. The fourth-order valence-corrected chi connectivity index (χ4v) is 1.94. The topological polar surface area (TPSA) is 0 Å². The summed E-state index contributed by atoms with van der Waals surface area (Å²) >= 11 is 0. The molecule has 16 heavy (non-hydrogen) atoms. The average molecular weight is 210 g/mol. The van der Waals surface area contributed by atoms with Crippen molar-refractivity contribution in [1.82, 2.24) is 0 Å². The second kappa shape index (κ2) is 5.92. The Morgan fingerprint density at radius 2 is 1.31 bits per heavy atom. The molecule has 1 aliphatic rings. The lowest BCUT2D eigenvalue weighted by Gasteiger charge is -2.19. The number of hydrogen-bond donors (Lipinski definition) is 0. The van der Waals surface area contributed by atoms with Crippen molar-refractivity contribution in [3.63, 3.8) is 0 Å². The summed E-state index contributed by atoms with van der Waals surface area (Å²) in [5.74, 6) is 0. The van der Waals surface area contributed by atoms with Crippen LogP contribution in [0.15, 0.2) is 85.1 Å². The molecule has 0 aromatic rings. The monoisotopic (exact) mass is 210 g/mol. The lowest BCUT2D eigenvalue weighted by Crippen LogP contribution is -2.01. The largest absolute Gasteiger partial charge is 0.0991 e. The van der Waals surface area contributed by atoms with E-state index in [0.29, 0.717) is 0 Å². The predicted molar refractivity (Wildman–Crippen MR) is 73.2 cm³/mol. The summed E-state index contributed by atoms with van der Waals surface area (Å²) in [6.45, 7) is 15.3. The molecule has 0 aromatic carbocycles. The lowest BCUT2D eigenvalue weighted by atomic mass is 9.85. The van der Waals surface area contributed by atoms with Crippen molar-refractivity contribution < 1.29 is 0 Å². The van der Waals surface area contributed by atoms with Crippen LogP contribution in [-0.2, 0) is 0 Å². The van der Waals surface area contributed by atoms with Crippen LogP contribution >= 0.6 is 0 Å². The van der Waals surface area contributed by atoms with Crippen molar-refractivity contribution in [3.8, 4) is 0 Å². The third-order valence-corrected chi connectivity index (χ3v) is 2.73. The SMILES string of the molecule is C=C/C=C\C1=C(C=C)C(C=C)=C(C=C)CC1. The van der Waals surface area contributed by atoms with Gasteiger partial charge in [0.15, 0.2) is 0 Å². The average Bonchev–Trinajstić information content (AvgIpc) is 2.34. The number of allylic oxidation sites excluding steroid dienone is 10. The van der Waals surface area contributed by atoms with E-state index >= 15 is 0 Å². The summed E-state index contributed by atoms with van der Waals surface area (Å²) in [6.07, 6.45) is 13.6. The van der Waals surface area contributed by atoms with E-state index in [1.165, 1.54) is 11.1 Å². The summed E-state index contributed by atoms with van der Waals surface area (Å²) in [5.41, 5.74) is 4.85. The number of rotatable bonds is 5. The maximum absolute atomic E-state index is 3.88. The van der Waals surface area contributed by atoms with Crippen LogP contribution in [-0.4, -0.2) is 0 Å². The van der Waals surface area contributed by atoms with Crippen LogP contribution in [0.25, 0.3) is 0 Å². The van der Waals surface area contributed by atoms with E-state index in [4.69, 9.17) is 0 Å². The summed E-state index contributed by atoms with van der Waals surface area (Å²) in [7, 11) is 0. The second-order valence-electron chi connectivity index (χ2n) is 3.59.